The maximum atomic E-state index is 13.3. The van der Waals surface area contributed by atoms with Crippen molar-refractivity contribution in [2.24, 2.45) is 0 Å². The van der Waals surface area contributed by atoms with Crippen LogP contribution in [0.25, 0.3) is 11.1 Å². The van der Waals surface area contributed by atoms with Gasteiger partial charge < -0.3 is 26.2 Å². The minimum Gasteiger partial charge on any atom is -0.424 e. The third-order valence-electron chi connectivity index (χ3n) is 5.84. The van der Waals surface area contributed by atoms with E-state index in [1.165, 1.54) is 24.7 Å². The Labute approximate surface area is 238 Å². The molecule has 0 aliphatic heterocycles. The average molecular weight is 587 g/mol. The summed E-state index contributed by atoms with van der Waals surface area (Å²) in [6.45, 7) is 3.18. The molecule has 0 atom stereocenters. The molecular weight excluding hydrogens is 561 g/mol. The average Bonchev–Trinajstić information content (AvgIpc) is 2.90. The molecule has 5 N–H and O–H groups in total. The minimum absolute atomic E-state index is 0.000531. The Bertz CT molecular complexity index is 1530. The number of aromatic nitrogens is 3. The lowest BCUT2D eigenvalue weighted by Gasteiger charge is -2.19. The Morgan fingerprint density at radius 2 is 1.68 bits per heavy atom. The summed E-state index contributed by atoms with van der Waals surface area (Å²) in [5, 5.41) is 15.4. The van der Waals surface area contributed by atoms with Gasteiger partial charge in [0.1, 0.15) is 11.6 Å². The van der Waals surface area contributed by atoms with Crippen LogP contribution in [0.3, 0.4) is 0 Å². The number of hydrogen-bond donors (Lipinski definition) is 4. The zero-order valence-corrected chi connectivity index (χ0v) is 22.7. The van der Waals surface area contributed by atoms with Gasteiger partial charge in [-0.3, -0.25) is 0 Å². The molecule has 214 valence electrons. The van der Waals surface area contributed by atoms with E-state index >= 15 is 0 Å². The number of nitrogen functional groups attached to an aromatic ring is 1. The second-order valence-electron chi connectivity index (χ2n) is 9.73. The van der Waals surface area contributed by atoms with Gasteiger partial charge in [0, 0.05) is 17.4 Å². The molecule has 0 saturated heterocycles. The van der Waals surface area contributed by atoms with E-state index in [0.717, 1.165) is 17.7 Å². The Morgan fingerprint density at radius 1 is 1.00 bits per heavy atom. The molecule has 2 amide bonds. The summed E-state index contributed by atoms with van der Waals surface area (Å²) in [5.74, 6) is 0.765. The Hall–Kier alpha value is -4.42. The van der Waals surface area contributed by atoms with Crippen molar-refractivity contribution < 1.29 is 27.8 Å². The molecule has 0 radical (unpaired) electrons. The van der Waals surface area contributed by atoms with Crippen molar-refractivity contribution in [3.63, 3.8) is 0 Å². The number of nitrogens with two attached hydrogens (primary N) is 1. The minimum atomic E-state index is -4.59. The van der Waals surface area contributed by atoms with E-state index in [2.05, 4.69) is 25.6 Å². The Balaban J connectivity index is 1.40. The van der Waals surface area contributed by atoms with E-state index in [9.17, 15) is 23.1 Å². The zero-order valence-electron chi connectivity index (χ0n) is 22.0. The molecule has 4 rings (SSSR count). The largest absolute Gasteiger partial charge is 0.424 e. The summed E-state index contributed by atoms with van der Waals surface area (Å²) < 4.78 is 45.5. The number of amides is 2. The zero-order chi connectivity index (χ0) is 29.8. The number of benzene rings is 2. The van der Waals surface area contributed by atoms with E-state index in [4.69, 9.17) is 22.1 Å². The van der Waals surface area contributed by atoms with E-state index < -0.39 is 23.4 Å². The fourth-order valence-corrected chi connectivity index (χ4v) is 3.89. The first kappa shape index (κ1) is 29.6. The molecule has 13 heteroatoms. The molecule has 0 saturated carbocycles. The SMILES string of the molecule is CC(C)(O)CCc1ccc(C(F)(F)F)cc1NC(=O)Nc1cnc(Oc2ccc(-c3cc(Cl)cnc3N)cc2)nc1. The number of pyridine rings is 1. The molecule has 0 bridgehead atoms. The summed E-state index contributed by atoms with van der Waals surface area (Å²) in [5.41, 5.74) is 6.02. The van der Waals surface area contributed by atoms with Crippen LogP contribution in [-0.4, -0.2) is 31.7 Å². The summed E-state index contributed by atoms with van der Waals surface area (Å²) in [7, 11) is 0. The number of nitrogens with zero attached hydrogens (tertiary/aromatic N) is 3. The molecule has 0 aliphatic carbocycles. The molecule has 2 heterocycles. The van der Waals surface area contributed by atoms with Crippen molar-refractivity contribution in [2.75, 3.05) is 16.4 Å². The lowest BCUT2D eigenvalue weighted by Crippen LogP contribution is -2.22. The highest BCUT2D eigenvalue weighted by molar-refractivity contribution is 6.30. The number of halogens is 4. The van der Waals surface area contributed by atoms with E-state index in [-0.39, 0.29) is 30.2 Å². The van der Waals surface area contributed by atoms with Gasteiger partial charge in [-0.2, -0.15) is 13.2 Å². The quantitative estimate of drug-likeness (QED) is 0.176. The van der Waals surface area contributed by atoms with Crippen LogP contribution in [-0.2, 0) is 12.6 Å². The predicted molar refractivity (Wildman–Crippen MR) is 150 cm³/mol. The molecule has 4 aromatic rings. The topological polar surface area (TPSA) is 135 Å². The van der Waals surface area contributed by atoms with Crippen LogP contribution in [0.2, 0.25) is 5.02 Å². The Kier molecular flexibility index (Phi) is 8.64. The number of carbonyl (C=O) groups is 1. The number of rotatable bonds is 8. The lowest BCUT2D eigenvalue weighted by molar-refractivity contribution is -0.137. The standard InChI is InChI=1S/C28H26ClF3N6O3/c1-27(2,40)10-9-17-3-6-18(28(30,31)32)11-23(17)38-25(39)37-20-14-35-26(36-15-20)41-21-7-4-16(5-8-21)22-12-19(29)13-34-24(22)33/h3-8,11-15,40H,9-10H2,1-2H3,(H2,33,34)(H2,37,38,39). The number of hydrogen-bond acceptors (Lipinski definition) is 7. The second-order valence-corrected chi connectivity index (χ2v) is 10.2. The smallest absolute Gasteiger partial charge is 0.416 e. The lowest BCUT2D eigenvalue weighted by atomic mass is 9.97. The van der Waals surface area contributed by atoms with Crippen LogP contribution in [0.1, 0.15) is 31.4 Å². The highest BCUT2D eigenvalue weighted by Gasteiger charge is 2.31. The van der Waals surface area contributed by atoms with Crippen LogP contribution in [0.4, 0.5) is 35.2 Å². The van der Waals surface area contributed by atoms with Gasteiger partial charge >= 0.3 is 18.2 Å². The second kappa shape index (κ2) is 12.0. The van der Waals surface area contributed by atoms with Gasteiger partial charge in [0.05, 0.1) is 34.3 Å². The van der Waals surface area contributed by atoms with Gasteiger partial charge in [0.15, 0.2) is 0 Å². The number of nitrogens with one attached hydrogen (secondary N) is 2. The molecule has 0 fully saturated rings. The van der Waals surface area contributed by atoms with Gasteiger partial charge in [-0.25, -0.2) is 19.7 Å². The highest BCUT2D eigenvalue weighted by Crippen LogP contribution is 2.33. The number of carbonyl (C=O) groups excluding carboxylic acids is 1. The number of aryl methyl sites for hydroxylation is 1. The molecule has 41 heavy (non-hydrogen) atoms. The Morgan fingerprint density at radius 3 is 2.32 bits per heavy atom. The van der Waals surface area contributed by atoms with Gasteiger partial charge in [-0.1, -0.05) is 29.8 Å². The van der Waals surface area contributed by atoms with Crippen LogP contribution in [0.15, 0.2) is 67.1 Å². The summed E-state index contributed by atoms with van der Waals surface area (Å²) in [6.07, 6.45) is -0.0352. The first-order valence-electron chi connectivity index (χ1n) is 12.3. The van der Waals surface area contributed by atoms with Crippen molar-refractivity contribution in [1.82, 2.24) is 15.0 Å². The first-order chi connectivity index (χ1) is 19.3. The molecule has 0 aliphatic rings. The van der Waals surface area contributed by atoms with Gasteiger partial charge in [-0.15, -0.1) is 0 Å². The maximum absolute atomic E-state index is 13.3. The van der Waals surface area contributed by atoms with Crippen molar-refractivity contribution in [2.45, 2.75) is 38.5 Å². The van der Waals surface area contributed by atoms with Crippen LogP contribution < -0.4 is 21.1 Å². The first-order valence-corrected chi connectivity index (χ1v) is 12.7. The van der Waals surface area contributed by atoms with Crippen LogP contribution in [0.5, 0.6) is 11.8 Å². The van der Waals surface area contributed by atoms with Crippen LogP contribution >= 0.6 is 11.6 Å². The fourth-order valence-electron chi connectivity index (χ4n) is 3.73. The predicted octanol–water partition coefficient (Wildman–Crippen LogP) is 6.93. The normalized spacial score (nSPS) is 11.7. The summed E-state index contributed by atoms with van der Waals surface area (Å²) in [4.78, 5) is 24.8. The maximum Gasteiger partial charge on any atom is 0.416 e. The van der Waals surface area contributed by atoms with Gasteiger partial charge in [-0.05, 0) is 68.1 Å². The van der Waals surface area contributed by atoms with E-state index in [0.29, 0.717) is 27.7 Å². The van der Waals surface area contributed by atoms with Gasteiger partial charge in [0.2, 0.25) is 0 Å². The third kappa shape index (κ3) is 8.29. The number of anilines is 3. The van der Waals surface area contributed by atoms with E-state index in [1.54, 1.807) is 44.2 Å². The third-order valence-corrected chi connectivity index (χ3v) is 6.04. The number of alkyl halides is 3. The molecule has 0 spiro atoms. The monoisotopic (exact) mass is 586 g/mol. The molecule has 2 aromatic carbocycles. The highest BCUT2D eigenvalue weighted by atomic mass is 35.5. The van der Waals surface area contributed by atoms with Crippen molar-refractivity contribution in [1.29, 1.82) is 0 Å². The summed E-state index contributed by atoms with van der Waals surface area (Å²) in [6, 6.07) is 10.9. The van der Waals surface area contributed by atoms with Crippen molar-refractivity contribution in [3.05, 3.63) is 83.3 Å². The van der Waals surface area contributed by atoms with Gasteiger partial charge in [0.25, 0.3) is 0 Å². The van der Waals surface area contributed by atoms with Crippen molar-refractivity contribution >= 4 is 34.8 Å². The van der Waals surface area contributed by atoms with Crippen molar-refractivity contribution in [3.8, 4) is 22.9 Å². The fraction of sp³-hybridized carbons (Fsp3) is 0.214. The number of ether oxygens (including phenoxy) is 1. The molecular formula is C28H26ClF3N6O3. The molecule has 0 unspecified atom stereocenters. The molecule has 2 aromatic heterocycles. The van der Waals surface area contributed by atoms with E-state index in [1.807, 2.05) is 0 Å². The summed E-state index contributed by atoms with van der Waals surface area (Å²) >= 11 is 6.01. The van der Waals surface area contributed by atoms with Crippen LogP contribution in [0, 0.1) is 0 Å². The number of urea groups is 1. The molecule has 9 nitrogen and oxygen atoms in total. The number of aliphatic hydroxyl groups is 1.